The molecule has 0 spiro atoms. The number of benzene rings is 2. The van der Waals surface area contributed by atoms with E-state index in [0.29, 0.717) is 0 Å². The molecule has 2 aromatic rings. The number of phenolic OH excluding ortho intramolecular Hbond substituents is 1. The molecule has 0 aliphatic heterocycles. The lowest BCUT2D eigenvalue weighted by molar-refractivity contribution is 0.407. The second-order valence-electron chi connectivity index (χ2n) is 4.60. The van der Waals surface area contributed by atoms with E-state index in [1.165, 1.54) is 0 Å². The highest BCUT2D eigenvalue weighted by molar-refractivity contribution is 9.10. The number of methoxy groups -OCH3 is 1. The lowest BCUT2D eigenvalue weighted by atomic mass is 9.98. The highest BCUT2D eigenvalue weighted by Gasteiger charge is 2.12. The van der Waals surface area contributed by atoms with Gasteiger partial charge in [0.1, 0.15) is 11.5 Å². The smallest absolute Gasteiger partial charge is 0.133 e. The van der Waals surface area contributed by atoms with Crippen LogP contribution in [-0.2, 0) is 0 Å². The van der Waals surface area contributed by atoms with Crippen LogP contribution in [0.1, 0.15) is 24.0 Å². The lowest BCUT2D eigenvalue weighted by Crippen LogP contribution is -1.93. The van der Waals surface area contributed by atoms with Gasteiger partial charge in [-0.25, -0.2) is 0 Å². The molecule has 2 aromatic carbocycles. The fourth-order valence-corrected chi connectivity index (χ4v) is 2.50. The molecule has 0 saturated heterocycles. The summed E-state index contributed by atoms with van der Waals surface area (Å²) in [5.41, 5.74) is 1.99. The van der Waals surface area contributed by atoms with E-state index >= 15 is 0 Å². The largest absolute Gasteiger partial charge is 0.508 e. The van der Waals surface area contributed by atoms with E-state index in [9.17, 15) is 5.11 Å². The summed E-state index contributed by atoms with van der Waals surface area (Å²) in [7, 11) is 1.62. The molecule has 2 rings (SSSR count). The average molecular weight is 333 g/mol. The Balaban J connectivity index is 2.25. The number of phenols is 1. The Bertz CT molecular complexity index is 606. The Morgan fingerprint density at radius 3 is 2.55 bits per heavy atom. The monoisotopic (exact) mass is 332 g/mol. The summed E-state index contributed by atoms with van der Waals surface area (Å²) < 4.78 is 6.02. The Morgan fingerprint density at radius 2 is 1.90 bits per heavy atom. The van der Waals surface area contributed by atoms with Crippen molar-refractivity contribution in [2.75, 3.05) is 7.11 Å². The van der Waals surface area contributed by atoms with Crippen molar-refractivity contribution in [2.45, 2.75) is 12.8 Å². The number of aromatic hydroxyl groups is 1. The zero-order chi connectivity index (χ0) is 14.5. The van der Waals surface area contributed by atoms with Crippen molar-refractivity contribution in [3.8, 4) is 11.5 Å². The van der Waals surface area contributed by atoms with Crippen LogP contribution in [0.5, 0.6) is 11.5 Å². The third-order valence-corrected chi connectivity index (χ3v) is 3.79. The first kappa shape index (κ1) is 14.7. The van der Waals surface area contributed by atoms with E-state index in [-0.39, 0.29) is 11.7 Å². The van der Waals surface area contributed by atoms with Gasteiger partial charge in [-0.3, -0.25) is 0 Å². The van der Waals surface area contributed by atoms with Gasteiger partial charge in [0.05, 0.1) is 11.6 Å². The minimum absolute atomic E-state index is 0.0946. The predicted molar refractivity (Wildman–Crippen MR) is 86.2 cm³/mol. The molecule has 0 aliphatic rings. The summed E-state index contributed by atoms with van der Waals surface area (Å²) in [6.07, 6.45) is 4.12. The highest BCUT2D eigenvalue weighted by atomic mass is 79.9. The fourth-order valence-electron chi connectivity index (χ4n) is 2.00. The number of hydrogen-bond donors (Lipinski definition) is 1. The van der Waals surface area contributed by atoms with Gasteiger partial charge in [0.15, 0.2) is 0 Å². The summed E-state index contributed by atoms with van der Waals surface area (Å²) in [5.74, 6) is 1.08. The fraction of sp³-hybridized carbons (Fsp3) is 0.176. The molecule has 0 saturated carbocycles. The zero-order valence-corrected chi connectivity index (χ0v) is 13.1. The topological polar surface area (TPSA) is 29.5 Å². The Kier molecular flexibility index (Phi) is 4.85. The molecular weight excluding hydrogens is 316 g/mol. The Hall–Kier alpha value is -1.74. The quantitative estimate of drug-likeness (QED) is 0.855. The van der Waals surface area contributed by atoms with Gasteiger partial charge in [0.25, 0.3) is 0 Å². The number of rotatable bonds is 4. The number of hydrogen-bond acceptors (Lipinski definition) is 2. The van der Waals surface area contributed by atoms with Crippen LogP contribution in [0.25, 0.3) is 6.08 Å². The molecule has 0 heterocycles. The third-order valence-electron chi connectivity index (χ3n) is 3.17. The molecule has 104 valence electrons. The van der Waals surface area contributed by atoms with Crippen LogP contribution in [0.15, 0.2) is 53.0 Å². The van der Waals surface area contributed by atoms with Gasteiger partial charge in [-0.1, -0.05) is 49.4 Å². The van der Waals surface area contributed by atoms with Gasteiger partial charge < -0.3 is 9.84 Å². The molecule has 0 aliphatic carbocycles. The summed E-state index contributed by atoms with van der Waals surface area (Å²) in [6.45, 7) is 2.04. The minimum Gasteiger partial charge on any atom is -0.508 e. The van der Waals surface area contributed by atoms with Gasteiger partial charge in [-0.05, 0) is 33.6 Å². The Morgan fingerprint density at radius 1 is 1.20 bits per heavy atom. The summed E-state index contributed by atoms with van der Waals surface area (Å²) in [6, 6.07) is 13.6. The van der Waals surface area contributed by atoms with E-state index in [0.717, 1.165) is 21.3 Å². The highest BCUT2D eigenvalue weighted by Crippen LogP contribution is 2.36. The van der Waals surface area contributed by atoms with E-state index in [1.54, 1.807) is 13.2 Å². The van der Waals surface area contributed by atoms with E-state index < -0.39 is 0 Å². The van der Waals surface area contributed by atoms with Crippen LogP contribution in [0.2, 0.25) is 0 Å². The third kappa shape index (κ3) is 3.42. The molecule has 0 amide bonds. The maximum atomic E-state index is 10.1. The molecule has 1 atom stereocenters. The molecule has 2 nitrogen and oxygen atoms in total. The van der Waals surface area contributed by atoms with Crippen molar-refractivity contribution in [1.82, 2.24) is 0 Å². The molecule has 0 fully saturated rings. The first-order valence-corrected chi connectivity index (χ1v) is 7.20. The predicted octanol–water partition coefficient (Wildman–Crippen LogP) is 4.98. The van der Waals surface area contributed by atoms with Crippen molar-refractivity contribution in [2.24, 2.45) is 0 Å². The minimum atomic E-state index is 0.0946. The van der Waals surface area contributed by atoms with E-state index in [4.69, 9.17) is 4.74 Å². The lowest BCUT2D eigenvalue weighted by Gasteiger charge is -2.13. The van der Waals surface area contributed by atoms with Gasteiger partial charge >= 0.3 is 0 Å². The van der Waals surface area contributed by atoms with E-state index in [1.807, 2.05) is 43.3 Å². The van der Waals surface area contributed by atoms with Gasteiger partial charge in [0.2, 0.25) is 0 Å². The molecule has 0 bridgehead atoms. The second-order valence-corrected chi connectivity index (χ2v) is 5.46. The van der Waals surface area contributed by atoms with Crippen LogP contribution in [0.3, 0.4) is 0 Å². The summed E-state index contributed by atoms with van der Waals surface area (Å²) in [5, 5.41) is 10.1. The Labute approximate surface area is 127 Å². The summed E-state index contributed by atoms with van der Waals surface area (Å²) >= 11 is 3.36. The first-order valence-electron chi connectivity index (χ1n) is 6.41. The molecule has 0 radical (unpaired) electrons. The normalized spacial score (nSPS) is 12.6. The van der Waals surface area contributed by atoms with Gasteiger partial charge in [-0.2, -0.15) is 0 Å². The average Bonchev–Trinajstić information content (AvgIpc) is 2.46. The van der Waals surface area contributed by atoms with Crippen LogP contribution in [0.4, 0.5) is 0 Å². The maximum absolute atomic E-state index is 10.1. The summed E-state index contributed by atoms with van der Waals surface area (Å²) in [4.78, 5) is 0. The molecule has 1 unspecified atom stereocenters. The van der Waals surface area contributed by atoms with Crippen molar-refractivity contribution in [1.29, 1.82) is 0 Å². The molecular formula is C17H17BrO2. The van der Waals surface area contributed by atoms with Crippen LogP contribution in [0, 0.1) is 0 Å². The van der Waals surface area contributed by atoms with Crippen molar-refractivity contribution in [3.63, 3.8) is 0 Å². The molecule has 1 N–H and O–H groups in total. The maximum Gasteiger partial charge on any atom is 0.133 e. The van der Waals surface area contributed by atoms with Crippen LogP contribution < -0.4 is 4.74 Å². The van der Waals surface area contributed by atoms with Crippen LogP contribution in [-0.4, -0.2) is 12.2 Å². The number of ether oxygens (including phenoxy) is 1. The first-order chi connectivity index (χ1) is 9.61. The van der Waals surface area contributed by atoms with Crippen molar-refractivity contribution < 1.29 is 9.84 Å². The number of halogens is 1. The molecule has 20 heavy (non-hydrogen) atoms. The van der Waals surface area contributed by atoms with Gasteiger partial charge in [0, 0.05) is 11.5 Å². The van der Waals surface area contributed by atoms with Crippen LogP contribution >= 0.6 is 15.9 Å². The number of allylic oxidation sites excluding steroid dienone is 1. The van der Waals surface area contributed by atoms with E-state index in [2.05, 4.69) is 28.1 Å². The SMILES string of the molecule is COc1cc(C(C)/C=C/c2ccccc2)c(O)cc1Br. The standard InChI is InChI=1S/C17H17BrO2/c1-12(8-9-13-6-4-3-5-7-13)14-10-17(20-2)15(18)11-16(14)19/h3-12,19H,1-2H3/b9-8+. The van der Waals surface area contributed by atoms with Crippen molar-refractivity contribution in [3.05, 3.63) is 64.1 Å². The molecule has 0 aromatic heterocycles. The second kappa shape index (κ2) is 6.62. The molecule has 3 heteroatoms. The van der Waals surface area contributed by atoms with Gasteiger partial charge in [-0.15, -0.1) is 0 Å². The van der Waals surface area contributed by atoms with Crippen molar-refractivity contribution >= 4 is 22.0 Å². The zero-order valence-electron chi connectivity index (χ0n) is 11.5.